The molecule has 0 aliphatic heterocycles. The van der Waals surface area contributed by atoms with Gasteiger partial charge < -0.3 is 15.7 Å². The molecule has 1 aromatic carbocycles. The van der Waals surface area contributed by atoms with Gasteiger partial charge in [0, 0.05) is 16.7 Å². The SMILES string of the molecule is CC(C)c1cc(Br)ccc1NC(=O)NCCC[C@@H](C)O. The lowest BCUT2D eigenvalue weighted by molar-refractivity contribution is 0.181. The van der Waals surface area contributed by atoms with E-state index in [0.717, 1.165) is 22.1 Å². The second-order valence-electron chi connectivity index (χ2n) is 5.26. The smallest absolute Gasteiger partial charge is 0.319 e. The molecule has 0 unspecified atom stereocenters. The first-order valence-electron chi connectivity index (χ1n) is 6.92. The van der Waals surface area contributed by atoms with Gasteiger partial charge in [-0.25, -0.2) is 4.79 Å². The summed E-state index contributed by atoms with van der Waals surface area (Å²) in [5.74, 6) is 0.332. The van der Waals surface area contributed by atoms with E-state index in [1.807, 2.05) is 18.2 Å². The zero-order valence-corrected chi connectivity index (χ0v) is 13.8. The number of nitrogens with one attached hydrogen (secondary N) is 2. The van der Waals surface area contributed by atoms with E-state index in [-0.39, 0.29) is 12.1 Å². The number of anilines is 1. The highest BCUT2D eigenvalue weighted by atomic mass is 79.9. The molecule has 3 N–H and O–H groups in total. The number of aliphatic hydroxyl groups excluding tert-OH is 1. The van der Waals surface area contributed by atoms with Crippen LogP contribution in [0.5, 0.6) is 0 Å². The van der Waals surface area contributed by atoms with Gasteiger partial charge in [-0.15, -0.1) is 0 Å². The Labute approximate surface area is 129 Å². The molecule has 1 rings (SSSR count). The Morgan fingerprint density at radius 2 is 2.05 bits per heavy atom. The third kappa shape index (κ3) is 5.92. The van der Waals surface area contributed by atoms with Gasteiger partial charge in [0.25, 0.3) is 0 Å². The Morgan fingerprint density at radius 1 is 1.35 bits per heavy atom. The van der Waals surface area contributed by atoms with Crippen LogP contribution < -0.4 is 10.6 Å². The van der Waals surface area contributed by atoms with Gasteiger partial charge in [0.1, 0.15) is 0 Å². The fourth-order valence-electron chi connectivity index (χ4n) is 1.89. The molecule has 2 amide bonds. The molecule has 1 aromatic rings. The maximum atomic E-state index is 11.8. The van der Waals surface area contributed by atoms with Gasteiger partial charge in [-0.3, -0.25) is 0 Å². The minimum Gasteiger partial charge on any atom is -0.393 e. The Kier molecular flexibility index (Phi) is 7.02. The molecular formula is C15H23BrN2O2. The topological polar surface area (TPSA) is 61.4 Å². The maximum Gasteiger partial charge on any atom is 0.319 e. The third-order valence-corrected chi connectivity index (χ3v) is 3.46. The highest BCUT2D eigenvalue weighted by Crippen LogP contribution is 2.27. The Balaban J connectivity index is 2.53. The van der Waals surface area contributed by atoms with E-state index in [2.05, 4.69) is 40.4 Å². The van der Waals surface area contributed by atoms with Gasteiger partial charge in [0.2, 0.25) is 0 Å². The zero-order valence-electron chi connectivity index (χ0n) is 12.2. The summed E-state index contributed by atoms with van der Waals surface area (Å²) in [6.07, 6.45) is 1.14. The maximum absolute atomic E-state index is 11.8. The monoisotopic (exact) mass is 342 g/mol. The van der Waals surface area contributed by atoms with Crippen LogP contribution in [0, 0.1) is 0 Å². The molecule has 1 atom stereocenters. The number of halogens is 1. The van der Waals surface area contributed by atoms with Crippen molar-refractivity contribution in [2.45, 2.75) is 45.6 Å². The summed E-state index contributed by atoms with van der Waals surface area (Å²) >= 11 is 3.44. The minimum atomic E-state index is -0.320. The summed E-state index contributed by atoms with van der Waals surface area (Å²) in [7, 11) is 0. The Hall–Kier alpha value is -1.07. The average Bonchev–Trinajstić information content (AvgIpc) is 2.36. The average molecular weight is 343 g/mol. The standard InChI is InChI=1S/C15H23BrN2O2/c1-10(2)13-9-12(16)6-7-14(13)18-15(20)17-8-4-5-11(3)19/h6-7,9-11,19H,4-5,8H2,1-3H3,(H2,17,18,20)/t11-/m1/s1. The van der Waals surface area contributed by atoms with E-state index < -0.39 is 0 Å². The molecule has 0 saturated heterocycles. The first-order chi connectivity index (χ1) is 9.40. The van der Waals surface area contributed by atoms with Crippen molar-refractivity contribution in [3.05, 3.63) is 28.2 Å². The van der Waals surface area contributed by atoms with Gasteiger partial charge in [-0.05, 0) is 49.4 Å². The van der Waals surface area contributed by atoms with E-state index in [1.165, 1.54) is 0 Å². The van der Waals surface area contributed by atoms with Crippen molar-refractivity contribution >= 4 is 27.6 Å². The van der Waals surface area contributed by atoms with E-state index in [1.54, 1.807) is 6.92 Å². The van der Waals surface area contributed by atoms with Crippen molar-refractivity contribution in [2.24, 2.45) is 0 Å². The normalized spacial score (nSPS) is 12.3. The molecule has 5 heteroatoms. The van der Waals surface area contributed by atoms with Crippen LogP contribution >= 0.6 is 15.9 Å². The van der Waals surface area contributed by atoms with Crippen molar-refractivity contribution < 1.29 is 9.90 Å². The molecule has 0 spiro atoms. The van der Waals surface area contributed by atoms with Crippen LogP contribution in [0.25, 0.3) is 0 Å². The van der Waals surface area contributed by atoms with E-state index in [9.17, 15) is 4.79 Å². The van der Waals surface area contributed by atoms with Gasteiger partial charge in [0.15, 0.2) is 0 Å². The summed E-state index contributed by atoms with van der Waals surface area (Å²) in [6, 6.07) is 5.62. The Bertz CT molecular complexity index is 447. The number of amides is 2. The van der Waals surface area contributed by atoms with E-state index in [4.69, 9.17) is 5.11 Å². The van der Waals surface area contributed by atoms with Crippen LogP contribution in [0.2, 0.25) is 0 Å². The molecule has 0 fully saturated rings. The highest BCUT2D eigenvalue weighted by Gasteiger charge is 2.10. The number of urea groups is 1. The molecule has 0 heterocycles. The van der Waals surface area contributed by atoms with Crippen molar-refractivity contribution in [2.75, 3.05) is 11.9 Å². The summed E-state index contributed by atoms with van der Waals surface area (Å²) < 4.78 is 1.00. The van der Waals surface area contributed by atoms with Crippen LogP contribution in [0.15, 0.2) is 22.7 Å². The summed E-state index contributed by atoms with van der Waals surface area (Å²) in [6.45, 7) is 6.49. The molecule has 0 radical (unpaired) electrons. The van der Waals surface area contributed by atoms with Crippen molar-refractivity contribution in [1.82, 2.24) is 5.32 Å². The zero-order chi connectivity index (χ0) is 15.1. The summed E-state index contributed by atoms with van der Waals surface area (Å²) in [5, 5.41) is 14.8. The van der Waals surface area contributed by atoms with Crippen LogP contribution in [-0.2, 0) is 0 Å². The molecule has 0 bridgehead atoms. The van der Waals surface area contributed by atoms with Gasteiger partial charge >= 0.3 is 6.03 Å². The number of carbonyl (C=O) groups excluding carboxylic acids is 1. The van der Waals surface area contributed by atoms with E-state index >= 15 is 0 Å². The molecular weight excluding hydrogens is 320 g/mol. The first kappa shape index (κ1) is 17.0. The predicted molar refractivity (Wildman–Crippen MR) is 86.2 cm³/mol. The number of aliphatic hydroxyl groups is 1. The van der Waals surface area contributed by atoms with Crippen LogP contribution in [0.4, 0.5) is 10.5 Å². The molecule has 0 aliphatic carbocycles. The highest BCUT2D eigenvalue weighted by molar-refractivity contribution is 9.10. The summed E-state index contributed by atoms with van der Waals surface area (Å²) in [4.78, 5) is 11.8. The third-order valence-electron chi connectivity index (χ3n) is 2.97. The van der Waals surface area contributed by atoms with Crippen LogP contribution in [0.1, 0.15) is 45.1 Å². The molecule has 112 valence electrons. The number of carbonyl (C=O) groups is 1. The van der Waals surface area contributed by atoms with Crippen molar-refractivity contribution in [3.63, 3.8) is 0 Å². The number of rotatable bonds is 6. The van der Waals surface area contributed by atoms with Gasteiger partial charge in [-0.2, -0.15) is 0 Å². The second-order valence-corrected chi connectivity index (χ2v) is 6.17. The number of hydrogen-bond acceptors (Lipinski definition) is 2. The molecule has 0 aromatic heterocycles. The van der Waals surface area contributed by atoms with Crippen molar-refractivity contribution in [1.29, 1.82) is 0 Å². The van der Waals surface area contributed by atoms with Crippen LogP contribution in [0.3, 0.4) is 0 Å². The minimum absolute atomic E-state index is 0.209. The lowest BCUT2D eigenvalue weighted by Gasteiger charge is -2.15. The second kappa shape index (κ2) is 8.27. The van der Waals surface area contributed by atoms with Gasteiger partial charge in [0.05, 0.1) is 6.10 Å². The molecule has 20 heavy (non-hydrogen) atoms. The predicted octanol–water partition coefficient (Wildman–Crippen LogP) is 3.86. The van der Waals surface area contributed by atoms with Crippen molar-refractivity contribution in [3.8, 4) is 0 Å². The first-order valence-corrected chi connectivity index (χ1v) is 7.71. The lowest BCUT2D eigenvalue weighted by atomic mass is 10.0. The Morgan fingerprint density at radius 3 is 2.65 bits per heavy atom. The number of hydrogen-bond donors (Lipinski definition) is 3. The quantitative estimate of drug-likeness (QED) is 0.687. The molecule has 0 saturated carbocycles. The molecule has 0 aliphatic rings. The largest absolute Gasteiger partial charge is 0.393 e. The fraction of sp³-hybridized carbons (Fsp3) is 0.533. The lowest BCUT2D eigenvalue weighted by Crippen LogP contribution is -2.30. The molecule has 4 nitrogen and oxygen atoms in total. The van der Waals surface area contributed by atoms with Crippen LogP contribution in [-0.4, -0.2) is 23.8 Å². The van der Waals surface area contributed by atoms with E-state index in [0.29, 0.717) is 18.9 Å². The van der Waals surface area contributed by atoms with Gasteiger partial charge in [-0.1, -0.05) is 29.8 Å². The summed E-state index contributed by atoms with van der Waals surface area (Å²) in [5.41, 5.74) is 1.93. The number of benzene rings is 1. The fourth-order valence-corrected chi connectivity index (χ4v) is 2.27.